The highest BCUT2D eigenvalue weighted by atomic mass is 16.5. The first-order valence-electron chi connectivity index (χ1n) is 6.96. The van der Waals surface area contributed by atoms with Gasteiger partial charge in [-0.2, -0.15) is 0 Å². The van der Waals surface area contributed by atoms with Crippen LogP contribution in [0.25, 0.3) is 5.57 Å². The van der Waals surface area contributed by atoms with Gasteiger partial charge < -0.3 is 9.84 Å². The van der Waals surface area contributed by atoms with Crippen molar-refractivity contribution in [3.05, 3.63) is 35.1 Å². The fourth-order valence-electron chi connectivity index (χ4n) is 2.63. The molecule has 3 rings (SSSR count). The van der Waals surface area contributed by atoms with E-state index in [0.29, 0.717) is 11.3 Å². The third-order valence-electron chi connectivity index (χ3n) is 3.88. The van der Waals surface area contributed by atoms with Gasteiger partial charge in [0.2, 0.25) is 5.91 Å². The predicted molar refractivity (Wildman–Crippen MR) is 78.2 cm³/mol. The lowest BCUT2D eigenvalue weighted by Crippen LogP contribution is -2.31. The summed E-state index contributed by atoms with van der Waals surface area (Å²) in [5.74, 6) is -1.57. The molecule has 1 fully saturated rings. The molecule has 22 heavy (non-hydrogen) atoms. The average Bonchev–Trinajstić information content (AvgIpc) is 3.28. The van der Waals surface area contributed by atoms with Crippen LogP contribution in [-0.2, 0) is 14.3 Å². The van der Waals surface area contributed by atoms with Crippen LogP contribution >= 0.6 is 0 Å². The van der Waals surface area contributed by atoms with Crippen molar-refractivity contribution in [2.75, 3.05) is 12.0 Å². The van der Waals surface area contributed by atoms with Crippen LogP contribution in [0, 0.1) is 5.92 Å². The number of nitrogens with zero attached hydrogens (tertiary/aromatic N) is 1. The van der Waals surface area contributed by atoms with E-state index in [9.17, 15) is 19.5 Å². The number of rotatable bonds is 2. The van der Waals surface area contributed by atoms with Crippen LogP contribution in [0.1, 0.15) is 35.7 Å². The fourth-order valence-corrected chi connectivity index (χ4v) is 2.63. The molecule has 0 aromatic heterocycles. The molecule has 1 N–H and O–H groups in total. The van der Waals surface area contributed by atoms with Crippen molar-refractivity contribution in [2.24, 2.45) is 5.92 Å². The van der Waals surface area contributed by atoms with Gasteiger partial charge in [-0.3, -0.25) is 9.59 Å². The van der Waals surface area contributed by atoms with E-state index in [-0.39, 0.29) is 22.8 Å². The highest BCUT2D eigenvalue weighted by molar-refractivity contribution is 6.40. The van der Waals surface area contributed by atoms with E-state index in [4.69, 9.17) is 0 Å². The monoisotopic (exact) mass is 301 g/mol. The maximum atomic E-state index is 12.5. The summed E-state index contributed by atoms with van der Waals surface area (Å²) in [4.78, 5) is 36.9. The Kier molecular flexibility index (Phi) is 3.24. The Balaban J connectivity index is 2.20. The van der Waals surface area contributed by atoms with Crippen LogP contribution in [0.15, 0.2) is 24.0 Å². The normalized spacial score (nSPS) is 19.0. The van der Waals surface area contributed by atoms with E-state index in [0.717, 1.165) is 17.7 Å². The van der Waals surface area contributed by atoms with Crippen LogP contribution in [0.3, 0.4) is 0 Å². The highest BCUT2D eigenvalue weighted by Gasteiger charge is 2.41. The molecule has 0 saturated heterocycles. The van der Waals surface area contributed by atoms with Gasteiger partial charge in [-0.05, 0) is 31.0 Å². The summed E-state index contributed by atoms with van der Waals surface area (Å²) in [6, 6.07) is 4.50. The van der Waals surface area contributed by atoms with Gasteiger partial charge in [0.25, 0.3) is 5.91 Å². The SMILES string of the molecule is COC(=O)c1ccc2c(c1)/C(=C(/O)C1CC1)C(=O)N2C(C)=O. The van der Waals surface area contributed by atoms with Crippen molar-refractivity contribution in [1.29, 1.82) is 0 Å². The number of carbonyl (C=O) groups is 3. The molecular formula is C16H15NO5. The smallest absolute Gasteiger partial charge is 0.337 e. The fraction of sp³-hybridized carbons (Fsp3) is 0.312. The molecule has 0 unspecified atom stereocenters. The summed E-state index contributed by atoms with van der Waals surface area (Å²) < 4.78 is 4.67. The van der Waals surface area contributed by atoms with Gasteiger partial charge in [-0.15, -0.1) is 0 Å². The quantitative estimate of drug-likeness (QED) is 0.513. The summed E-state index contributed by atoms with van der Waals surface area (Å²) in [6.45, 7) is 1.28. The molecule has 1 aromatic carbocycles. The second kappa shape index (κ2) is 4.98. The molecule has 6 nitrogen and oxygen atoms in total. The number of anilines is 1. The molecule has 6 heteroatoms. The van der Waals surface area contributed by atoms with Gasteiger partial charge >= 0.3 is 5.97 Å². The zero-order valence-corrected chi connectivity index (χ0v) is 12.3. The van der Waals surface area contributed by atoms with Gasteiger partial charge in [-0.1, -0.05) is 0 Å². The minimum absolute atomic E-state index is 0.00276. The molecule has 2 aliphatic rings. The van der Waals surface area contributed by atoms with E-state index in [2.05, 4.69) is 4.74 Å². The lowest BCUT2D eigenvalue weighted by molar-refractivity contribution is -0.122. The van der Waals surface area contributed by atoms with Crippen LogP contribution in [0.2, 0.25) is 0 Å². The molecule has 1 aromatic rings. The summed E-state index contributed by atoms with van der Waals surface area (Å²) in [6.07, 6.45) is 1.63. The Morgan fingerprint density at radius 3 is 2.55 bits per heavy atom. The van der Waals surface area contributed by atoms with Gasteiger partial charge in [0, 0.05) is 18.4 Å². The second-order valence-corrected chi connectivity index (χ2v) is 5.42. The minimum Gasteiger partial charge on any atom is -0.511 e. The van der Waals surface area contributed by atoms with Crippen LogP contribution in [-0.4, -0.2) is 30.0 Å². The van der Waals surface area contributed by atoms with E-state index < -0.39 is 17.8 Å². The third-order valence-corrected chi connectivity index (χ3v) is 3.88. The standard InChI is InChI=1S/C16H15NO5/c1-8(18)17-12-6-5-10(16(21)22-2)7-11(12)13(15(17)20)14(19)9-3-4-9/h5-7,9,19H,3-4H2,1-2H3/b14-13-. The van der Waals surface area contributed by atoms with Crippen molar-refractivity contribution in [2.45, 2.75) is 19.8 Å². The number of aliphatic hydroxyl groups is 1. The molecule has 0 spiro atoms. The number of benzene rings is 1. The second-order valence-electron chi connectivity index (χ2n) is 5.42. The Hall–Kier alpha value is -2.63. The molecule has 0 radical (unpaired) electrons. The van der Waals surface area contributed by atoms with Gasteiger partial charge in [-0.25, -0.2) is 9.69 Å². The molecule has 0 bridgehead atoms. The molecule has 1 saturated carbocycles. The van der Waals surface area contributed by atoms with Crippen molar-refractivity contribution in [1.82, 2.24) is 0 Å². The van der Waals surface area contributed by atoms with Crippen LogP contribution in [0.5, 0.6) is 0 Å². The Morgan fingerprint density at radius 1 is 1.32 bits per heavy atom. The van der Waals surface area contributed by atoms with Crippen LogP contribution in [0.4, 0.5) is 5.69 Å². The van der Waals surface area contributed by atoms with Crippen molar-refractivity contribution >= 4 is 29.0 Å². The number of aliphatic hydroxyl groups excluding tert-OH is 1. The molecule has 1 aliphatic heterocycles. The number of allylic oxidation sites excluding steroid dienone is 1. The number of esters is 1. The first-order chi connectivity index (χ1) is 10.5. The zero-order valence-electron chi connectivity index (χ0n) is 12.3. The van der Waals surface area contributed by atoms with E-state index in [1.54, 1.807) is 0 Å². The summed E-state index contributed by atoms with van der Waals surface area (Å²) >= 11 is 0. The van der Waals surface area contributed by atoms with Gasteiger partial charge in [0.1, 0.15) is 5.76 Å². The number of amides is 2. The highest BCUT2D eigenvalue weighted by Crippen LogP contribution is 2.45. The predicted octanol–water partition coefficient (Wildman–Crippen LogP) is 2.05. The number of imide groups is 1. The lowest BCUT2D eigenvalue weighted by atomic mass is 10.0. The number of hydrogen-bond acceptors (Lipinski definition) is 5. The number of hydrogen-bond donors (Lipinski definition) is 1. The van der Waals surface area contributed by atoms with Gasteiger partial charge in [0.05, 0.1) is 23.9 Å². The Morgan fingerprint density at radius 2 is 2.00 bits per heavy atom. The summed E-state index contributed by atoms with van der Waals surface area (Å²) in [5, 5.41) is 10.3. The first-order valence-corrected chi connectivity index (χ1v) is 6.96. The maximum absolute atomic E-state index is 12.5. The number of fused-ring (bicyclic) bond motifs is 1. The number of ether oxygens (including phenoxy) is 1. The number of carbonyl (C=O) groups excluding carboxylic acids is 3. The summed E-state index contributed by atoms with van der Waals surface area (Å²) in [7, 11) is 1.26. The van der Waals surface area contributed by atoms with E-state index in [1.165, 1.54) is 32.2 Å². The molecule has 1 aliphatic carbocycles. The Labute approximate surface area is 127 Å². The topological polar surface area (TPSA) is 83.9 Å². The zero-order chi connectivity index (χ0) is 16.0. The first kappa shape index (κ1) is 14.3. The van der Waals surface area contributed by atoms with Crippen LogP contribution < -0.4 is 4.90 Å². The maximum Gasteiger partial charge on any atom is 0.337 e. The molecule has 0 atom stereocenters. The van der Waals surface area contributed by atoms with E-state index in [1.807, 2.05) is 0 Å². The number of methoxy groups -OCH3 is 1. The third kappa shape index (κ3) is 2.07. The van der Waals surface area contributed by atoms with Crippen molar-refractivity contribution < 1.29 is 24.2 Å². The summed E-state index contributed by atoms with van der Waals surface area (Å²) in [5.41, 5.74) is 1.15. The molecule has 2 amide bonds. The largest absolute Gasteiger partial charge is 0.511 e. The van der Waals surface area contributed by atoms with Gasteiger partial charge in [0.15, 0.2) is 0 Å². The molecule has 1 heterocycles. The average molecular weight is 301 g/mol. The van der Waals surface area contributed by atoms with E-state index >= 15 is 0 Å². The molecular weight excluding hydrogens is 286 g/mol. The molecule has 114 valence electrons. The minimum atomic E-state index is -0.547. The lowest BCUT2D eigenvalue weighted by Gasteiger charge is -2.12. The van der Waals surface area contributed by atoms with Crippen molar-refractivity contribution in [3.8, 4) is 0 Å². The Bertz CT molecular complexity index is 730. The van der Waals surface area contributed by atoms with Crippen molar-refractivity contribution in [3.63, 3.8) is 0 Å².